The molecule has 0 amide bonds. The van der Waals surface area contributed by atoms with E-state index in [0.29, 0.717) is 4.77 Å². The summed E-state index contributed by atoms with van der Waals surface area (Å²) >= 11 is 5.35. The Hall–Kier alpha value is -2.34. The molecule has 0 bridgehead atoms. The van der Waals surface area contributed by atoms with Gasteiger partial charge in [-0.15, -0.1) is 0 Å². The number of aryl methyl sites for hydroxylation is 2. The molecule has 20 heavy (non-hydrogen) atoms. The van der Waals surface area contributed by atoms with Gasteiger partial charge in [0.1, 0.15) is 0 Å². The number of hydrogen-bond acceptors (Lipinski definition) is 4. The summed E-state index contributed by atoms with van der Waals surface area (Å²) in [6.07, 6.45) is 3.47. The monoisotopic (exact) mass is 283 g/mol. The van der Waals surface area contributed by atoms with Crippen LogP contribution in [0.1, 0.15) is 11.4 Å². The molecule has 0 atom stereocenters. The minimum absolute atomic E-state index is 0.547. The molecule has 0 aliphatic carbocycles. The smallest absolute Gasteiger partial charge is 0.200 e. The number of nitrogens with one attached hydrogen (secondary N) is 1. The average Bonchev–Trinajstić information content (AvgIpc) is 2.82. The number of H-pyrrole nitrogens is 1. The highest BCUT2D eigenvalue weighted by atomic mass is 32.1. The van der Waals surface area contributed by atoms with Crippen molar-refractivity contribution in [3.05, 3.63) is 52.8 Å². The molecule has 100 valence electrons. The van der Waals surface area contributed by atoms with Crippen LogP contribution in [0.4, 0.5) is 0 Å². The fourth-order valence-corrected chi connectivity index (χ4v) is 2.36. The van der Waals surface area contributed by atoms with E-state index >= 15 is 0 Å². The van der Waals surface area contributed by atoms with E-state index in [4.69, 9.17) is 12.2 Å². The number of nitrogens with zero attached hydrogens (tertiary/aromatic N) is 4. The highest BCUT2D eigenvalue weighted by Crippen LogP contribution is 2.22. The molecule has 3 aromatic rings. The molecule has 0 spiro atoms. The van der Waals surface area contributed by atoms with E-state index in [9.17, 15) is 0 Å². The van der Waals surface area contributed by atoms with Crippen LogP contribution in [0, 0.1) is 18.6 Å². The van der Waals surface area contributed by atoms with Crippen molar-refractivity contribution in [3.8, 4) is 17.1 Å². The summed E-state index contributed by atoms with van der Waals surface area (Å²) in [5.41, 5.74) is 3.78. The Balaban J connectivity index is 2.25. The molecule has 3 aromatic heterocycles. The van der Waals surface area contributed by atoms with Gasteiger partial charge >= 0.3 is 0 Å². The molecule has 1 N–H and O–H groups in total. The maximum atomic E-state index is 5.35. The van der Waals surface area contributed by atoms with Crippen molar-refractivity contribution in [1.29, 1.82) is 0 Å². The van der Waals surface area contributed by atoms with Crippen LogP contribution in [0.15, 0.2) is 36.7 Å². The molecule has 0 fully saturated rings. The van der Waals surface area contributed by atoms with Gasteiger partial charge in [-0.2, -0.15) is 5.10 Å². The van der Waals surface area contributed by atoms with E-state index < -0.39 is 0 Å². The minimum Gasteiger partial charge on any atom is -0.266 e. The molecule has 3 rings (SSSR count). The largest absolute Gasteiger partial charge is 0.266 e. The van der Waals surface area contributed by atoms with Gasteiger partial charge < -0.3 is 0 Å². The Morgan fingerprint density at radius 3 is 2.55 bits per heavy atom. The maximum Gasteiger partial charge on any atom is 0.200 e. The Bertz CT molecular complexity index is 804. The lowest BCUT2D eigenvalue weighted by molar-refractivity contribution is 0.981. The molecule has 3 heterocycles. The Morgan fingerprint density at radius 2 is 1.85 bits per heavy atom. The molecule has 0 unspecified atom stereocenters. The fraction of sp³-hybridized carbons (Fsp3) is 0.143. The summed E-state index contributed by atoms with van der Waals surface area (Å²) < 4.78 is 2.44. The SMILES string of the molecule is Cc1ccc(-n2c(-c3ccncc3)n[nH]c2=S)c(C)n1. The number of aromatic amines is 1. The predicted octanol–water partition coefficient (Wildman–Crippen LogP) is 3.00. The van der Waals surface area contributed by atoms with E-state index in [2.05, 4.69) is 20.2 Å². The van der Waals surface area contributed by atoms with Crippen LogP contribution in [-0.4, -0.2) is 24.7 Å². The van der Waals surface area contributed by atoms with Crippen molar-refractivity contribution in [2.24, 2.45) is 0 Å². The van der Waals surface area contributed by atoms with Crippen LogP contribution in [0.2, 0.25) is 0 Å². The van der Waals surface area contributed by atoms with Gasteiger partial charge in [0.25, 0.3) is 0 Å². The summed E-state index contributed by atoms with van der Waals surface area (Å²) in [7, 11) is 0. The molecule has 0 saturated carbocycles. The van der Waals surface area contributed by atoms with E-state index in [-0.39, 0.29) is 0 Å². The quantitative estimate of drug-likeness (QED) is 0.734. The lowest BCUT2D eigenvalue weighted by Gasteiger charge is -2.09. The zero-order valence-corrected chi connectivity index (χ0v) is 12.0. The Kier molecular flexibility index (Phi) is 3.15. The molecular formula is C14H13N5S. The third-order valence-corrected chi connectivity index (χ3v) is 3.32. The molecule has 0 radical (unpaired) electrons. The Morgan fingerprint density at radius 1 is 1.10 bits per heavy atom. The third-order valence-electron chi connectivity index (χ3n) is 3.05. The first kappa shape index (κ1) is 12.7. The average molecular weight is 283 g/mol. The van der Waals surface area contributed by atoms with Gasteiger partial charge in [0.15, 0.2) is 10.6 Å². The van der Waals surface area contributed by atoms with E-state index in [1.54, 1.807) is 12.4 Å². The number of rotatable bonds is 2. The van der Waals surface area contributed by atoms with Gasteiger partial charge in [0.05, 0.1) is 11.4 Å². The van der Waals surface area contributed by atoms with Crippen LogP contribution in [0.5, 0.6) is 0 Å². The van der Waals surface area contributed by atoms with Crippen LogP contribution < -0.4 is 0 Å². The first-order valence-electron chi connectivity index (χ1n) is 6.19. The first-order valence-corrected chi connectivity index (χ1v) is 6.60. The lowest BCUT2D eigenvalue weighted by Crippen LogP contribution is -2.02. The molecule has 0 aliphatic heterocycles. The highest BCUT2D eigenvalue weighted by molar-refractivity contribution is 7.71. The number of hydrogen-bond donors (Lipinski definition) is 1. The van der Waals surface area contributed by atoms with Crippen LogP contribution in [0.25, 0.3) is 17.1 Å². The molecule has 5 nitrogen and oxygen atoms in total. The van der Waals surface area contributed by atoms with Crippen molar-refractivity contribution < 1.29 is 0 Å². The summed E-state index contributed by atoms with van der Waals surface area (Å²) in [5, 5.41) is 7.16. The predicted molar refractivity (Wildman–Crippen MR) is 79.2 cm³/mol. The first-order chi connectivity index (χ1) is 9.66. The van der Waals surface area contributed by atoms with Crippen LogP contribution >= 0.6 is 12.2 Å². The van der Waals surface area contributed by atoms with E-state index in [1.807, 2.05) is 42.7 Å². The van der Waals surface area contributed by atoms with Crippen LogP contribution in [-0.2, 0) is 0 Å². The van der Waals surface area contributed by atoms with Crippen molar-refractivity contribution in [1.82, 2.24) is 24.7 Å². The molecule has 6 heteroatoms. The standard InChI is InChI=1S/C14H13N5S/c1-9-3-4-12(10(2)16-9)19-13(17-18-14(19)20)11-5-7-15-8-6-11/h3-8H,1-2H3,(H,18,20). The Labute approximate surface area is 121 Å². The fourth-order valence-electron chi connectivity index (χ4n) is 2.13. The summed E-state index contributed by atoms with van der Waals surface area (Å²) in [4.78, 5) is 8.51. The summed E-state index contributed by atoms with van der Waals surface area (Å²) in [6, 6.07) is 7.78. The van der Waals surface area contributed by atoms with E-state index in [0.717, 1.165) is 28.5 Å². The van der Waals surface area contributed by atoms with Crippen LogP contribution in [0.3, 0.4) is 0 Å². The van der Waals surface area contributed by atoms with Gasteiger partial charge in [-0.05, 0) is 50.3 Å². The van der Waals surface area contributed by atoms with Gasteiger partial charge in [0, 0.05) is 23.7 Å². The summed E-state index contributed by atoms with van der Waals surface area (Å²) in [6.45, 7) is 3.93. The van der Waals surface area contributed by atoms with Gasteiger partial charge in [-0.3, -0.25) is 19.6 Å². The zero-order valence-electron chi connectivity index (χ0n) is 11.2. The highest BCUT2D eigenvalue weighted by Gasteiger charge is 2.12. The van der Waals surface area contributed by atoms with Gasteiger partial charge in [0.2, 0.25) is 0 Å². The maximum absolute atomic E-state index is 5.35. The molecular weight excluding hydrogens is 270 g/mol. The second-order valence-corrected chi connectivity index (χ2v) is 4.87. The van der Waals surface area contributed by atoms with Gasteiger partial charge in [-0.25, -0.2) is 0 Å². The topological polar surface area (TPSA) is 59.4 Å². The second kappa shape index (κ2) is 4.97. The normalized spacial score (nSPS) is 10.7. The zero-order chi connectivity index (χ0) is 14.1. The molecule has 0 aliphatic rings. The minimum atomic E-state index is 0.547. The number of pyridine rings is 2. The lowest BCUT2D eigenvalue weighted by atomic mass is 10.2. The number of aromatic nitrogens is 5. The molecule has 0 saturated heterocycles. The van der Waals surface area contributed by atoms with Crippen molar-refractivity contribution in [3.63, 3.8) is 0 Å². The van der Waals surface area contributed by atoms with E-state index in [1.165, 1.54) is 0 Å². The van der Waals surface area contributed by atoms with Crippen molar-refractivity contribution in [2.45, 2.75) is 13.8 Å². The third kappa shape index (κ3) is 2.14. The molecule has 0 aromatic carbocycles. The van der Waals surface area contributed by atoms with Crippen molar-refractivity contribution in [2.75, 3.05) is 0 Å². The second-order valence-electron chi connectivity index (χ2n) is 4.48. The van der Waals surface area contributed by atoms with Crippen molar-refractivity contribution >= 4 is 12.2 Å². The van der Waals surface area contributed by atoms with Gasteiger partial charge in [-0.1, -0.05) is 0 Å². The summed E-state index contributed by atoms with van der Waals surface area (Å²) in [5.74, 6) is 0.756.